The summed E-state index contributed by atoms with van der Waals surface area (Å²) in [5.41, 5.74) is 5.33. The van der Waals surface area contributed by atoms with Gasteiger partial charge in [0.2, 0.25) is 0 Å². The van der Waals surface area contributed by atoms with Crippen molar-refractivity contribution in [3.63, 3.8) is 0 Å². The second-order valence-corrected chi connectivity index (χ2v) is 4.60. The molecule has 0 fully saturated rings. The Hall–Kier alpha value is -1.13. The highest BCUT2D eigenvalue weighted by atomic mass is 16.6. The number of hydrogen-bond donors (Lipinski definition) is 2. The molecule has 0 spiro atoms. The van der Waals surface area contributed by atoms with Crippen LogP contribution in [0.1, 0.15) is 49.4 Å². The maximum Gasteiger partial charge on any atom is 0.142 e. The Morgan fingerprint density at radius 2 is 2.06 bits per heavy atom. The van der Waals surface area contributed by atoms with Gasteiger partial charge in [-0.1, -0.05) is 26.2 Å². The second kappa shape index (κ2) is 8.06. The standard InChI is InChI=1S/C14H24N2O2/c1-4-5-6-7-8-16-18-10-13-11(2)9-15-12(3)14(13)17/h9,16-17H,4-8,10H2,1-3H3. The number of nitrogens with zero attached hydrogens (tertiary/aromatic N) is 1. The van der Waals surface area contributed by atoms with Crippen LogP contribution >= 0.6 is 0 Å². The van der Waals surface area contributed by atoms with E-state index in [2.05, 4.69) is 17.4 Å². The molecule has 0 bridgehead atoms. The van der Waals surface area contributed by atoms with Gasteiger partial charge in [-0.3, -0.25) is 9.82 Å². The molecule has 0 radical (unpaired) electrons. The highest BCUT2D eigenvalue weighted by Gasteiger charge is 2.08. The van der Waals surface area contributed by atoms with E-state index in [1.54, 1.807) is 13.1 Å². The summed E-state index contributed by atoms with van der Waals surface area (Å²) in [5, 5.41) is 9.88. The number of unbranched alkanes of at least 4 members (excludes halogenated alkanes) is 3. The summed E-state index contributed by atoms with van der Waals surface area (Å²) in [6, 6.07) is 0. The molecule has 0 aromatic carbocycles. The quantitative estimate of drug-likeness (QED) is 0.551. The number of nitrogens with one attached hydrogen (secondary N) is 1. The second-order valence-electron chi connectivity index (χ2n) is 4.60. The minimum atomic E-state index is 0.239. The molecule has 0 aliphatic rings. The molecule has 0 amide bonds. The number of hydroxylamine groups is 1. The average Bonchev–Trinajstić information content (AvgIpc) is 2.36. The van der Waals surface area contributed by atoms with Crippen molar-refractivity contribution in [2.24, 2.45) is 0 Å². The molecule has 1 aromatic heterocycles. The van der Waals surface area contributed by atoms with Gasteiger partial charge in [-0.05, 0) is 25.8 Å². The van der Waals surface area contributed by atoms with Crippen LogP contribution in [-0.4, -0.2) is 16.6 Å². The SMILES string of the molecule is CCCCCCNOCc1c(C)cnc(C)c1O. The van der Waals surface area contributed by atoms with Crippen LogP contribution in [0.25, 0.3) is 0 Å². The molecular formula is C14H24N2O2. The van der Waals surface area contributed by atoms with E-state index < -0.39 is 0 Å². The van der Waals surface area contributed by atoms with Crippen molar-refractivity contribution in [1.29, 1.82) is 0 Å². The topological polar surface area (TPSA) is 54.4 Å². The van der Waals surface area contributed by atoms with E-state index in [1.807, 2.05) is 6.92 Å². The molecule has 4 nitrogen and oxygen atoms in total. The van der Waals surface area contributed by atoms with Crippen LogP contribution in [0.15, 0.2) is 6.20 Å². The Morgan fingerprint density at radius 3 is 2.78 bits per heavy atom. The molecule has 1 heterocycles. The molecule has 0 saturated carbocycles. The van der Waals surface area contributed by atoms with E-state index in [0.29, 0.717) is 12.3 Å². The number of pyridine rings is 1. The van der Waals surface area contributed by atoms with E-state index >= 15 is 0 Å². The summed E-state index contributed by atoms with van der Waals surface area (Å²) in [4.78, 5) is 9.47. The molecule has 4 heteroatoms. The van der Waals surface area contributed by atoms with Crippen molar-refractivity contribution in [3.8, 4) is 5.75 Å². The Bertz CT molecular complexity index is 367. The monoisotopic (exact) mass is 252 g/mol. The third kappa shape index (κ3) is 4.63. The lowest BCUT2D eigenvalue weighted by molar-refractivity contribution is 0.0259. The third-order valence-corrected chi connectivity index (χ3v) is 3.01. The lowest BCUT2D eigenvalue weighted by Gasteiger charge is -2.11. The molecule has 102 valence electrons. The van der Waals surface area contributed by atoms with Gasteiger partial charge in [0, 0.05) is 18.3 Å². The molecule has 1 rings (SSSR count). The minimum Gasteiger partial charge on any atom is -0.506 e. The highest BCUT2D eigenvalue weighted by molar-refractivity contribution is 5.39. The van der Waals surface area contributed by atoms with E-state index in [9.17, 15) is 5.11 Å². The first-order valence-electron chi connectivity index (χ1n) is 6.65. The number of aromatic hydroxyl groups is 1. The van der Waals surface area contributed by atoms with E-state index in [-0.39, 0.29) is 5.75 Å². The minimum absolute atomic E-state index is 0.239. The molecule has 0 atom stereocenters. The lowest BCUT2D eigenvalue weighted by atomic mass is 10.1. The summed E-state index contributed by atoms with van der Waals surface area (Å²) in [6.45, 7) is 7.13. The average molecular weight is 252 g/mol. The summed E-state index contributed by atoms with van der Waals surface area (Å²) < 4.78 is 0. The predicted octanol–water partition coefficient (Wildman–Crippen LogP) is 3.01. The fourth-order valence-electron chi connectivity index (χ4n) is 1.74. The van der Waals surface area contributed by atoms with Gasteiger partial charge in [0.25, 0.3) is 0 Å². The first-order valence-corrected chi connectivity index (χ1v) is 6.65. The molecule has 0 aliphatic heterocycles. The number of aryl methyl sites for hydroxylation is 2. The molecule has 1 aromatic rings. The summed E-state index contributed by atoms with van der Waals surface area (Å²) in [6.07, 6.45) is 6.62. The fourth-order valence-corrected chi connectivity index (χ4v) is 1.74. The molecule has 0 unspecified atom stereocenters. The van der Waals surface area contributed by atoms with E-state index in [4.69, 9.17) is 4.84 Å². The molecule has 0 aliphatic carbocycles. The van der Waals surface area contributed by atoms with Crippen molar-refractivity contribution in [3.05, 3.63) is 23.0 Å². The molecule has 0 saturated heterocycles. The Kier molecular flexibility index (Phi) is 6.68. The Labute approximate surface area is 109 Å². The maximum atomic E-state index is 9.88. The zero-order valence-corrected chi connectivity index (χ0v) is 11.6. The van der Waals surface area contributed by atoms with Gasteiger partial charge in [0.1, 0.15) is 5.75 Å². The summed E-state index contributed by atoms with van der Waals surface area (Å²) in [7, 11) is 0. The predicted molar refractivity (Wildman–Crippen MR) is 72.3 cm³/mol. The number of rotatable bonds is 8. The third-order valence-electron chi connectivity index (χ3n) is 3.01. The van der Waals surface area contributed by atoms with Crippen LogP contribution in [-0.2, 0) is 11.4 Å². The Morgan fingerprint density at radius 1 is 1.28 bits per heavy atom. The van der Waals surface area contributed by atoms with Crippen LogP contribution < -0.4 is 5.48 Å². The van der Waals surface area contributed by atoms with Crippen molar-refractivity contribution in [1.82, 2.24) is 10.5 Å². The van der Waals surface area contributed by atoms with Crippen molar-refractivity contribution < 1.29 is 9.94 Å². The highest BCUT2D eigenvalue weighted by Crippen LogP contribution is 2.23. The Balaban J connectivity index is 2.29. The molecular weight excluding hydrogens is 228 g/mol. The van der Waals surface area contributed by atoms with Crippen LogP contribution in [0.5, 0.6) is 5.75 Å². The van der Waals surface area contributed by atoms with Gasteiger partial charge < -0.3 is 5.11 Å². The van der Waals surface area contributed by atoms with E-state index in [0.717, 1.165) is 24.1 Å². The summed E-state index contributed by atoms with van der Waals surface area (Å²) >= 11 is 0. The summed E-state index contributed by atoms with van der Waals surface area (Å²) in [5.74, 6) is 0.239. The molecule has 18 heavy (non-hydrogen) atoms. The zero-order valence-electron chi connectivity index (χ0n) is 11.6. The van der Waals surface area contributed by atoms with Gasteiger partial charge in [-0.15, -0.1) is 0 Å². The van der Waals surface area contributed by atoms with Crippen LogP contribution in [0.4, 0.5) is 0 Å². The van der Waals surface area contributed by atoms with Gasteiger partial charge in [-0.25, -0.2) is 5.48 Å². The van der Waals surface area contributed by atoms with E-state index in [1.165, 1.54) is 19.3 Å². The normalized spacial score (nSPS) is 10.8. The largest absolute Gasteiger partial charge is 0.506 e. The van der Waals surface area contributed by atoms with Crippen molar-refractivity contribution in [2.75, 3.05) is 6.54 Å². The van der Waals surface area contributed by atoms with Gasteiger partial charge in [0.15, 0.2) is 0 Å². The van der Waals surface area contributed by atoms with Crippen molar-refractivity contribution >= 4 is 0 Å². The van der Waals surface area contributed by atoms with Crippen LogP contribution in [0.2, 0.25) is 0 Å². The van der Waals surface area contributed by atoms with Crippen LogP contribution in [0.3, 0.4) is 0 Å². The smallest absolute Gasteiger partial charge is 0.142 e. The van der Waals surface area contributed by atoms with Gasteiger partial charge >= 0.3 is 0 Å². The molecule has 2 N–H and O–H groups in total. The lowest BCUT2D eigenvalue weighted by Crippen LogP contribution is -2.16. The fraction of sp³-hybridized carbons (Fsp3) is 0.643. The number of aromatic nitrogens is 1. The van der Waals surface area contributed by atoms with Gasteiger partial charge in [0.05, 0.1) is 12.3 Å². The first-order chi connectivity index (χ1) is 8.66. The van der Waals surface area contributed by atoms with Crippen LogP contribution in [0, 0.1) is 13.8 Å². The first kappa shape index (κ1) is 14.9. The maximum absolute atomic E-state index is 9.88. The van der Waals surface area contributed by atoms with Gasteiger partial charge in [-0.2, -0.15) is 0 Å². The van der Waals surface area contributed by atoms with Crippen molar-refractivity contribution in [2.45, 2.75) is 53.1 Å². The zero-order chi connectivity index (χ0) is 13.4. The number of hydrogen-bond acceptors (Lipinski definition) is 4.